The molecule has 1 saturated carbocycles. The van der Waals surface area contributed by atoms with Crippen molar-refractivity contribution in [3.8, 4) is 11.8 Å². The molecule has 1 N–H and O–H groups in total. The Balaban J connectivity index is 1.95. The molecule has 0 radical (unpaired) electrons. The highest BCUT2D eigenvalue weighted by Gasteiger charge is 2.41. The lowest BCUT2D eigenvalue weighted by Gasteiger charge is -2.49. The SMILES string of the molecule is COc1cc(OC)nc(N2CCNCC23CCCCC3)n1. The Kier molecular flexibility index (Phi) is 4.14. The Morgan fingerprint density at radius 2 is 1.76 bits per heavy atom. The van der Waals surface area contributed by atoms with E-state index >= 15 is 0 Å². The van der Waals surface area contributed by atoms with Gasteiger partial charge in [0.2, 0.25) is 17.7 Å². The predicted molar refractivity (Wildman–Crippen MR) is 81.2 cm³/mol. The zero-order chi connectivity index (χ0) is 14.7. The molecule has 1 spiro atoms. The van der Waals surface area contributed by atoms with Crippen molar-refractivity contribution in [3.05, 3.63) is 6.07 Å². The van der Waals surface area contributed by atoms with Gasteiger partial charge in [-0.2, -0.15) is 9.97 Å². The molecule has 116 valence electrons. The van der Waals surface area contributed by atoms with E-state index in [1.165, 1.54) is 32.1 Å². The largest absolute Gasteiger partial charge is 0.481 e. The number of anilines is 1. The quantitative estimate of drug-likeness (QED) is 0.913. The van der Waals surface area contributed by atoms with Crippen LogP contribution in [-0.4, -0.2) is 49.4 Å². The lowest BCUT2D eigenvalue weighted by molar-refractivity contribution is 0.237. The van der Waals surface area contributed by atoms with Crippen LogP contribution in [0.2, 0.25) is 0 Å². The average molecular weight is 292 g/mol. The van der Waals surface area contributed by atoms with Gasteiger partial charge in [-0.05, 0) is 12.8 Å². The Bertz CT molecular complexity index is 458. The fraction of sp³-hybridized carbons (Fsp3) is 0.733. The number of nitrogens with one attached hydrogen (secondary N) is 1. The average Bonchev–Trinajstić information content (AvgIpc) is 2.55. The molecule has 2 fully saturated rings. The van der Waals surface area contributed by atoms with E-state index in [2.05, 4.69) is 20.2 Å². The molecule has 2 heterocycles. The number of aromatic nitrogens is 2. The van der Waals surface area contributed by atoms with E-state index in [0.29, 0.717) is 11.8 Å². The number of hydrogen-bond donors (Lipinski definition) is 1. The van der Waals surface area contributed by atoms with E-state index in [9.17, 15) is 0 Å². The minimum absolute atomic E-state index is 0.147. The molecule has 1 aromatic rings. The summed E-state index contributed by atoms with van der Waals surface area (Å²) in [7, 11) is 3.25. The van der Waals surface area contributed by atoms with Crippen molar-refractivity contribution < 1.29 is 9.47 Å². The summed E-state index contributed by atoms with van der Waals surface area (Å²) in [5.41, 5.74) is 0.147. The molecule has 2 aliphatic rings. The molecule has 0 unspecified atom stereocenters. The molecule has 3 rings (SSSR count). The monoisotopic (exact) mass is 292 g/mol. The highest BCUT2D eigenvalue weighted by Crippen LogP contribution is 2.37. The maximum Gasteiger partial charge on any atom is 0.232 e. The first kappa shape index (κ1) is 14.4. The molecule has 6 heteroatoms. The first-order valence-corrected chi connectivity index (χ1v) is 7.73. The zero-order valence-corrected chi connectivity index (χ0v) is 12.9. The molecule has 6 nitrogen and oxygen atoms in total. The fourth-order valence-electron chi connectivity index (χ4n) is 3.54. The van der Waals surface area contributed by atoms with Crippen molar-refractivity contribution in [3.63, 3.8) is 0 Å². The van der Waals surface area contributed by atoms with Gasteiger partial charge in [-0.3, -0.25) is 0 Å². The molecule has 0 bridgehead atoms. The van der Waals surface area contributed by atoms with Gasteiger partial charge in [0.25, 0.3) is 0 Å². The van der Waals surface area contributed by atoms with E-state index in [4.69, 9.17) is 9.47 Å². The Labute approximate surface area is 125 Å². The predicted octanol–water partition coefficient (Wildman–Crippen LogP) is 1.61. The molecule has 0 amide bonds. The van der Waals surface area contributed by atoms with Crippen LogP contribution in [0.25, 0.3) is 0 Å². The topological polar surface area (TPSA) is 59.5 Å². The summed E-state index contributed by atoms with van der Waals surface area (Å²) >= 11 is 0. The van der Waals surface area contributed by atoms with Crippen molar-refractivity contribution >= 4 is 5.95 Å². The summed E-state index contributed by atoms with van der Waals surface area (Å²) < 4.78 is 10.6. The summed E-state index contributed by atoms with van der Waals surface area (Å²) in [5.74, 6) is 1.84. The van der Waals surface area contributed by atoms with Gasteiger partial charge in [0.1, 0.15) is 0 Å². The molecular weight excluding hydrogens is 268 g/mol. The minimum Gasteiger partial charge on any atom is -0.481 e. The van der Waals surface area contributed by atoms with Crippen molar-refractivity contribution in [1.29, 1.82) is 0 Å². The van der Waals surface area contributed by atoms with Gasteiger partial charge in [-0.25, -0.2) is 0 Å². The third kappa shape index (κ3) is 2.77. The maximum absolute atomic E-state index is 5.29. The lowest BCUT2D eigenvalue weighted by Crippen LogP contribution is -2.62. The third-order valence-electron chi connectivity index (χ3n) is 4.65. The van der Waals surface area contributed by atoms with E-state index in [1.54, 1.807) is 20.3 Å². The first-order chi connectivity index (χ1) is 10.3. The van der Waals surface area contributed by atoms with Crippen molar-refractivity contribution in [2.75, 3.05) is 38.8 Å². The van der Waals surface area contributed by atoms with Crippen LogP contribution in [0.4, 0.5) is 5.95 Å². The smallest absolute Gasteiger partial charge is 0.232 e. The van der Waals surface area contributed by atoms with Crippen LogP contribution >= 0.6 is 0 Å². The molecule has 1 aliphatic carbocycles. The normalized spacial score (nSPS) is 21.3. The molecule has 0 atom stereocenters. The van der Waals surface area contributed by atoms with Gasteiger partial charge in [0.05, 0.1) is 25.8 Å². The van der Waals surface area contributed by atoms with Gasteiger partial charge in [-0.1, -0.05) is 19.3 Å². The van der Waals surface area contributed by atoms with Gasteiger partial charge in [0.15, 0.2) is 0 Å². The third-order valence-corrected chi connectivity index (χ3v) is 4.65. The van der Waals surface area contributed by atoms with Crippen LogP contribution in [0.1, 0.15) is 32.1 Å². The number of methoxy groups -OCH3 is 2. The minimum atomic E-state index is 0.147. The van der Waals surface area contributed by atoms with Crippen LogP contribution in [0.15, 0.2) is 6.07 Å². The Morgan fingerprint density at radius 1 is 1.10 bits per heavy atom. The Morgan fingerprint density at radius 3 is 2.38 bits per heavy atom. The summed E-state index contributed by atoms with van der Waals surface area (Å²) in [5, 5.41) is 3.54. The summed E-state index contributed by atoms with van der Waals surface area (Å²) in [6.45, 7) is 2.90. The molecule has 1 saturated heterocycles. The number of piperazine rings is 1. The van der Waals surface area contributed by atoms with Crippen molar-refractivity contribution in [2.45, 2.75) is 37.6 Å². The molecule has 1 aliphatic heterocycles. The van der Waals surface area contributed by atoms with E-state index < -0.39 is 0 Å². The number of hydrogen-bond acceptors (Lipinski definition) is 6. The molecular formula is C15H24N4O2. The van der Waals surface area contributed by atoms with Gasteiger partial charge < -0.3 is 19.7 Å². The zero-order valence-electron chi connectivity index (χ0n) is 12.9. The van der Waals surface area contributed by atoms with Gasteiger partial charge >= 0.3 is 0 Å². The maximum atomic E-state index is 5.29. The van der Waals surface area contributed by atoms with Gasteiger partial charge in [0, 0.05) is 19.6 Å². The standard InChI is InChI=1S/C15H24N4O2/c1-20-12-10-13(21-2)18-14(17-12)19-9-8-16-11-15(19)6-4-3-5-7-15/h10,16H,3-9,11H2,1-2H3. The number of rotatable bonds is 3. The molecule has 21 heavy (non-hydrogen) atoms. The second kappa shape index (κ2) is 6.05. The highest BCUT2D eigenvalue weighted by molar-refractivity contribution is 5.41. The number of nitrogens with zero attached hydrogens (tertiary/aromatic N) is 3. The van der Waals surface area contributed by atoms with E-state index in [1.807, 2.05) is 0 Å². The highest BCUT2D eigenvalue weighted by atomic mass is 16.5. The van der Waals surface area contributed by atoms with Gasteiger partial charge in [-0.15, -0.1) is 0 Å². The summed E-state index contributed by atoms with van der Waals surface area (Å²) in [4.78, 5) is 11.5. The van der Waals surface area contributed by atoms with Crippen LogP contribution in [0.5, 0.6) is 11.8 Å². The summed E-state index contributed by atoms with van der Waals surface area (Å²) in [6, 6.07) is 1.72. The first-order valence-electron chi connectivity index (χ1n) is 7.73. The Hall–Kier alpha value is -1.56. The van der Waals surface area contributed by atoms with Crippen LogP contribution in [-0.2, 0) is 0 Å². The van der Waals surface area contributed by atoms with Crippen molar-refractivity contribution in [2.24, 2.45) is 0 Å². The van der Waals surface area contributed by atoms with Crippen LogP contribution < -0.4 is 19.7 Å². The summed E-state index contributed by atoms with van der Waals surface area (Å²) in [6.07, 6.45) is 6.28. The second-order valence-electron chi connectivity index (χ2n) is 5.87. The molecule has 0 aromatic carbocycles. The number of ether oxygens (including phenoxy) is 2. The van der Waals surface area contributed by atoms with E-state index in [0.717, 1.165) is 25.6 Å². The fourth-order valence-corrected chi connectivity index (χ4v) is 3.54. The van der Waals surface area contributed by atoms with Crippen LogP contribution in [0.3, 0.4) is 0 Å². The van der Waals surface area contributed by atoms with E-state index in [-0.39, 0.29) is 5.54 Å². The lowest BCUT2D eigenvalue weighted by atomic mass is 9.79. The van der Waals surface area contributed by atoms with Crippen molar-refractivity contribution in [1.82, 2.24) is 15.3 Å². The second-order valence-corrected chi connectivity index (χ2v) is 5.87. The van der Waals surface area contributed by atoms with Crippen LogP contribution in [0, 0.1) is 0 Å². The molecule has 1 aromatic heterocycles.